The minimum absolute atomic E-state index is 0.732. The molecule has 1 fully saturated rings. The van der Waals surface area contributed by atoms with E-state index in [4.69, 9.17) is 12.2 Å². The van der Waals surface area contributed by atoms with E-state index < -0.39 is 0 Å². The third-order valence-corrected chi connectivity index (χ3v) is 3.26. The van der Waals surface area contributed by atoms with Crippen molar-refractivity contribution in [1.82, 2.24) is 5.32 Å². The van der Waals surface area contributed by atoms with Gasteiger partial charge in [-0.1, -0.05) is 6.07 Å². The lowest BCUT2D eigenvalue weighted by molar-refractivity contribution is 0.777. The Kier molecular flexibility index (Phi) is 3.44. The van der Waals surface area contributed by atoms with E-state index in [1.807, 2.05) is 0 Å². The van der Waals surface area contributed by atoms with Crippen LogP contribution in [0, 0.1) is 19.8 Å². The van der Waals surface area contributed by atoms with Gasteiger partial charge in [0.1, 0.15) is 0 Å². The third kappa shape index (κ3) is 3.20. The molecule has 1 aliphatic rings. The quantitative estimate of drug-likeness (QED) is 0.786. The van der Waals surface area contributed by atoms with E-state index in [0.29, 0.717) is 0 Å². The molecule has 0 atom stereocenters. The minimum atomic E-state index is 0.732. The zero-order chi connectivity index (χ0) is 11.5. The van der Waals surface area contributed by atoms with Gasteiger partial charge in [0.05, 0.1) is 0 Å². The molecule has 3 heteroatoms. The molecule has 1 aliphatic carbocycles. The van der Waals surface area contributed by atoms with Crippen LogP contribution in [0.2, 0.25) is 0 Å². The number of aryl methyl sites for hydroxylation is 2. The van der Waals surface area contributed by atoms with Crippen LogP contribution in [0.1, 0.15) is 24.0 Å². The van der Waals surface area contributed by atoms with E-state index >= 15 is 0 Å². The highest BCUT2D eigenvalue weighted by molar-refractivity contribution is 7.80. The Hall–Kier alpha value is -1.09. The smallest absolute Gasteiger partial charge is 0.170 e. The van der Waals surface area contributed by atoms with E-state index in [1.165, 1.54) is 24.0 Å². The lowest BCUT2D eigenvalue weighted by Crippen LogP contribution is -2.30. The lowest BCUT2D eigenvalue weighted by atomic mass is 10.1. The predicted molar refractivity (Wildman–Crippen MR) is 72.9 cm³/mol. The van der Waals surface area contributed by atoms with Gasteiger partial charge in [-0.15, -0.1) is 0 Å². The molecule has 0 bridgehead atoms. The predicted octanol–water partition coefficient (Wildman–Crippen LogP) is 3.00. The van der Waals surface area contributed by atoms with Crippen molar-refractivity contribution >= 4 is 23.0 Å². The summed E-state index contributed by atoms with van der Waals surface area (Å²) in [6.45, 7) is 5.24. The monoisotopic (exact) mass is 234 g/mol. The van der Waals surface area contributed by atoms with Gasteiger partial charge in [-0.25, -0.2) is 0 Å². The number of benzene rings is 1. The Labute approximate surface area is 102 Å². The molecule has 0 unspecified atom stereocenters. The Bertz CT molecular complexity index is 397. The molecule has 0 amide bonds. The molecule has 0 saturated heterocycles. The molecule has 16 heavy (non-hydrogen) atoms. The fourth-order valence-electron chi connectivity index (χ4n) is 1.55. The summed E-state index contributed by atoms with van der Waals surface area (Å²) < 4.78 is 0. The molecule has 86 valence electrons. The molecule has 2 rings (SSSR count). The first-order chi connectivity index (χ1) is 7.65. The van der Waals surface area contributed by atoms with Crippen LogP contribution in [-0.4, -0.2) is 11.7 Å². The molecule has 1 saturated carbocycles. The second-order valence-corrected chi connectivity index (χ2v) is 4.99. The molecule has 0 aliphatic heterocycles. The molecule has 0 radical (unpaired) electrons. The topological polar surface area (TPSA) is 24.1 Å². The Morgan fingerprint density at radius 3 is 2.69 bits per heavy atom. The van der Waals surface area contributed by atoms with Gasteiger partial charge in [0.25, 0.3) is 0 Å². The van der Waals surface area contributed by atoms with E-state index in [2.05, 4.69) is 42.7 Å². The molecule has 2 nitrogen and oxygen atoms in total. The summed E-state index contributed by atoms with van der Waals surface area (Å²) in [5.74, 6) is 0.847. The van der Waals surface area contributed by atoms with Gasteiger partial charge in [0.2, 0.25) is 0 Å². The standard InChI is InChI=1S/C13H18N2S/c1-9-3-6-12(7-10(9)2)15-13(16)14-8-11-4-5-11/h3,6-7,11H,4-5,8H2,1-2H3,(H2,14,15,16). The number of thiocarbonyl (C=S) groups is 1. The highest BCUT2D eigenvalue weighted by atomic mass is 32.1. The van der Waals surface area contributed by atoms with Crippen LogP contribution in [0.25, 0.3) is 0 Å². The van der Waals surface area contributed by atoms with Gasteiger partial charge in [-0.2, -0.15) is 0 Å². The van der Waals surface area contributed by atoms with Gasteiger partial charge in [0.15, 0.2) is 5.11 Å². The third-order valence-electron chi connectivity index (χ3n) is 3.01. The normalized spacial score (nSPS) is 14.6. The molecule has 1 aromatic rings. The highest BCUT2D eigenvalue weighted by Gasteiger charge is 2.20. The van der Waals surface area contributed by atoms with Crippen molar-refractivity contribution in [3.05, 3.63) is 29.3 Å². The largest absolute Gasteiger partial charge is 0.362 e. The van der Waals surface area contributed by atoms with E-state index in [0.717, 1.165) is 23.3 Å². The maximum atomic E-state index is 5.24. The molecule has 1 aromatic carbocycles. The van der Waals surface area contributed by atoms with Gasteiger partial charge in [0, 0.05) is 12.2 Å². The molecule has 0 spiro atoms. The molecule has 0 aromatic heterocycles. The van der Waals surface area contributed by atoms with Crippen molar-refractivity contribution in [3.63, 3.8) is 0 Å². The number of hydrogen-bond acceptors (Lipinski definition) is 1. The molecule has 2 N–H and O–H groups in total. The summed E-state index contributed by atoms with van der Waals surface area (Å²) in [6.07, 6.45) is 2.69. The first kappa shape index (κ1) is 11.4. The van der Waals surface area contributed by atoms with E-state index in [1.54, 1.807) is 0 Å². The van der Waals surface area contributed by atoms with E-state index in [9.17, 15) is 0 Å². The van der Waals surface area contributed by atoms with Gasteiger partial charge in [-0.05, 0) is 68.1 Å². The summed E-state index contributed by atoms with van der Waals surface area (Å²) in [7, 11) is 0. The van der Waals surface area contributed by atoms with E-state index in [-0.39, 0.29) is 0 Å². The minimum Gasteiger partial charge on any atom is -0.362 e. The number of rotatable bonds is 3. The Morgan fingerprint density at radius 2 is 2.06 bits per heavy atom. The maximum absolute atomic E-state index is 5.24. The second kappa shape index (κ2) is 4.83. The lowest BCUT2D eigenvalue weighted by Gasteiger charge is -2.11. The van der Waals surface area contributed by atoms with Crippen molar-refractivity contribution in [2.45, 2.75) is 26.7 Å². The molecular weight excluding hydrogens is 216 g/mol. The fourth-order valence-corrected chi connectivity index (χ4v) is 1.75. The summed E-state index contributed by atoms with van der Waals surface area (Å²) in [5.41, 5.74) is 3.66. The van der Waals surface area contributed by atoms with Crippen LogP contribution in [0.4, 0.5) is 5.69 Å². The second-order valence-electron chi connectivity index (χ2n) is 4.58. The molecule has 0 heterocycles. The summed E-state index contributed by atoms with van der Waals surface area (Å²) in [5, 5.41) is 7.19. The van der Waals surface area contributed by atoms with Crippen molar-refractivity contribution in [2.75, 3.05) is 11.9 Å². The summed E-state index contributed by atoms with van der Waals surface area (Å²) >= 11 is 5.24. The fraction of sp³-hybridized carbons (Fsp3) is 0.462. The van der Waals surface area contributed by atoms with Crippen LogP contribution in [-0.2, 0) is 0 Å². The van der Waals surface area contributed by atoms with Gasteiger partial charge in [-0.3, -0.25) is 0 Å². The Morgan fingerprint density at radius 1 is 1.31 bits per heavy atom. The average Bonchev–Trinajstić information content (AvgIpc) is 3.04. The van der Waals surface area contributed by atoms with Crippen LogP contribution < -0.4 is 10.6 Å². The number of nitrogens with one attached hydrogen (secondary N) is 2. The van der Waals surface area contributed by atoms with Crippen molar-refractivity contribution in [1.29, 1.82) is 0 Å². The maximum Gasteiger partial charge on any atom is 0.170 e. The van der Waals surface area contributed by atoms with Crippen LogP contribution in [0.5, 0.6) is 0 Å². The van der Waals surface area contributed by atoms with Crippen molar-refractivity contribution in [3.8, 4) is 0 Å². The first-order valence-corrected chi connectivity index (χ1v) is 6.18. The van der Waals surface area contributed by atoms with Crippen molar-refractivity contribution < 1.29 is 0 Å². The summed E-state index contributed by atoms with van der Waals surface area (Å²) in [4.78, 5) is 0. The average molecular weight is 234 g/mol. The highest BCUT2D eigenvalue weighted by Crippen LogP contribution is 2.27. The van der Waals surface area contributed by atoms with Crippen LogP contribution in [0.15, 0.2) is 18.2 Å². The summed E-state index contributed by atoms with van der Waals surface area (Å²) in [6, 6.07) is 6.30. The van der Waals surface area contributed by atoms with Gasteiger partial charge >= 0.3 is 0 Å². The Balaban J connectivity index is 1.86. The van der Waals surface area contributed by atoms with Crippen molar-refractivity contribution in [2.24, 2.45) is 5.92 Å². The van der Waals surface area contributed by atoms with Crippen LogP contribution in [0.3, 0.4) is 0 Å². The zero-order valence-corrected chi connectivity index (χ0v) is 10.7. The van der Waals surface area contributed by atoms with Gasteiger partial charge < -0.3 is 10.6 Å². The SMILES string of the molecule is Cc1ccc(NC(=S)NCC2CC2)cc1C. The zero-order valence-electron chi connectivity index (χ0n) is 9.84. The number of hydrogen-bond donors (Lipinski definition) is 2. The number of anilines is 1. The first-order valence-electron chi connectivity index (χ1n) is 5.77. The van der Waals surface area contributed by atoms with Crippen LogP contribution >= 0.6 is 12.2 Å². The molecular formula is C13H18N2S.